The molecular weight excluding hydrogens is 514 g/mol. The van der Waals surface area contributed by atoms with Gasteiger partial charge in [0.15, 0.2) is 17.1 Å². The molecule has 2 unspecified atom stereocenters. The molecule has 10 heteroatoms. The minimum Gasteiger partial charge on any atom is -0.358 e. The van der Waals surface area contributed by atoms with E-state index < -0.39 is 17.6 Å². The number of ether oxygens (including phenoxy) is 1. The van der Waals surface area contributed by atoms with Gasteiger partial charge in [0.2, 0.25) is 0 Å². The number of benzene rings is 1. The number of hydrogen-bond donors (Lipinski definition) is 2. The predicted octanol–water partition coefficient (Wildman–Crippen LogP) is 4.59. The molecule has 1 amide bonds. The lowest BCUT2D eigenvalue weighted by Crippen LogP contribution is -2.40. The molecule has 3 aromatic rings. The number of likely N-dealkylation sites (tertiary alicyclic amines) is 1. The molecule has 1 fully saturated rings. The van der Waals surface area contributed by atoms with Crippen molar-refractivity contribution in [3.05, 3.63) is 71.6 Å². The van der Waals surface area contributed by atoms with Gasteiger partial charge in [-0.25, -0.2) is 18.7 Å². The van der Waals surface area contributed by atoms with Crippen LogP contribution < -0.4 is 11.1 Å². The van der Waals surface area contributed by atoms with E-state index in [-0.39, 0.29) is 18.1 Å². The van der Waals surface area contributed by atoms with E-state index in [0.29, 0.717) is 54.0 Å². The molecule has 1 aliphatic carbocycles. The lowest BCUT2D eigenvalue weighted by atomic mass is 9.89. The number of aryl methyl sites for hydroxylation is 1. The van der Waals surface area contributed by atoms with Gasteiger partial charge in [-0.05, 0) is 62.9 Å². The molecule has 0 radical (unpaired) electrons. The van der Waals surface area contributed by atoms with Crippen molar-refractivity contribution in [3.63, 3.8) is 0 Å². The normalized spacial score (nSPS) is 21.6. The van der Waals surface area contributed by atoms with Crippen LogP contribution in [0.5, 0.6) is 0 Å². The molecule has 0 spiro atoms. The fourth-order valence-corrected chi connectivity index (χ4v) is 5.24. The monoisotopic (exact) mass is 546 g/mol. The second kappa shape index (κ2) is 11.2. The molecule has 0 bridgehead atoms. The highest BCUT2D eigenvalue weighted by Gasteiger charge is 2.43. The Morgan fingerprint density at radius 2 is 2.10 bits per heavy atom. The molecule has 8 nitrogen and oxygen atoms in total. The average molecular weight is 547 g/mol. The van der Waals surface area contributed by atoms with Crippen molar-refractivity contribution in [1.29, 1.82) is 0 Å². The predicted molar refractivity (Wildman–Crippen MR) is 150 cm³/mol. The highest BCUT2D eigenvalue weighted by atomic mass is 19.2. The topological polar surface area (TPSA) is 97.8 Å². The van der Waals surface area contributed by atoms with Crippen molar-refractivity contribution in [3.8, 4) is 12.3 Å². The van der Waals surface area contributed by atoms with Crippen molar-refractivity contribution in [1.82, 2.24) is 19.3 Å². The number of fused-ring (bicyclic) bond motifs is 1. The van der Waals surface area contributed by atoms with E-state index in [4.69, 9.17) is 16.9 Å². The molecule has 3 N–H and O–H groups in total. The quantitative estimate of drug-likeness (QED) is 0.421. The maximum atomic E-state index is 15.4. The summed E-state index contributed by atoms with van der Waals surface area (Å²) in [7, 11) is 0. The number of terminal acetylenes is 1. The van der Waals surface area contributed by atoms with E-state index in [0.717, 1.165) is 25.3 Å². The summed E-state index contributed by atoms with van der Waals surface area (Å²) in [5, 5.41) is 3.25. The number of aromatic nitrogens is 3. The number of anilines is 2. The molecular formula is C30H32F2N6O2. The third kappa shape index (κ3) is 5.10. The van der Waals surface area contributed by atoms with Crippen LogP contribution in [0.4, 0.5) is 20.3 Å². The number of carbonyl (C=O) groups excluding carboxylic acids is 1. The number of piperidine rings is 1. The Morgan fingerprint density at radius 3 is 2.80 bits per heavy atom. The van der Waals surface area contributed by atoms with Crippen LogP contribution in [0.25, 0.3) is 11.2 Å². The SMILES string of the molecule is C#CCOC1C=CC(c2cnc3c(Nc4ccc(C(=O)N5CCC(CN)CC5)c(C)c4)nccn23)=C(F)C1(C)F. The van der Waals surface area contributed by atoms with E-state index in [1.165, 1.54) is 18.3 Å². The number of halogens is 2. The lowest BCUT2D eigenvalue weighted by molar-refractivity contribution is -0.00166. The fourth-order valence-electron chi connectivity index (χ4n) is 5.24. The van der Waals surface area contributed by atoms with Crippen LogP contribution >= 0.6 is 0 Å². The van der Waals surface area contributed by atoms with E-state index in [1.54, 1.807) is 22.9 Å². The molecule has 3 heterocycles. The largest absolute Gasteiger partial charge is 0.358 e. The third-order valence-corrected chi connectivity index (χ3v) is 7.64. The fraction of sp³-hybridized carbons (Fsp3) is 0.367. The Labute approximate surface area is 231 Å². The highest BCUT2D eigenvalue weighted by Crippen LogP contribution is 2.40. The van der Waals surface area contributed by atoms with Crippen molar-refractivity contribution in [2.45, 2.75) is 38.5 Å². The number of rotatable bonds is 7. The molecule has 40 heavy (non-hydrogen) atoms. The summed E-state index contributed by atoms with van der Waals surface area (Å²) in [4.78, 5) is 23.9. The maximum absolute atomic E-state index is 15.4. The Balaban J connectivity index is 1.37. The zero-order valence-corrected chi connectivity index (χ0v) is 22.5. The molecule has 2 aliphatic rings. The number of alkyl halides is 1. The second-order valence-electron chi connectivity index (χ2n) is 10.3. The summed E-state index contributed by atoms with van der Waals surface area (Å²) in [6.07, 6.45) is 13.5. The van der Waals surface area contributed by atoms with Gasteiger partial charge in [0.25, 0.3) is 5.91 Å². The Hall–Kier alpha value is -4.07. The van der Waals surface area contributed by atoms with Crippen LogP contribution in [0, 0.1) is 25.2 Å². The molecule has 0 saturated carbocycles. The Kier molecular flexibility index (Phi) is 7.70. The van der Waals surface area contributed by atoms with Gasteiger partial charge in [0.05, 0.1) is 11.9 Å². The van der Waals surface area contributed by atoms with Crippen LogP contribution in [0.3, 0.4) is 0 Å². The van der Waals surface area contributed by atoms with Gasteiger partial charge in [-0.3, -0.25) is 9.20 Å². The smallest absolute Gasteiger partial charge is 0.254 e. The Bertz CT molecular complexity index is 1530. The number of imidazole rings is 1. The van der Waals surface area contributed by atoms with Gasteiger partial charge in [0.1, 0.15) is 18.5 Å². The summed E-state index contributed by atoms with van der Waals surface area (Å²) in [5.74, 6) is 2.23. The number of allylic oxidation sites excluding steroid dienone is 2. The van der Waals surface area contributed by atoms with Gasteiger partial charge in [-0.1, -0.05) is 18.1 Å². The lowest BCUT2D eigenvalue weighted by Gasteiger charge is -2.31. The third-order valence-electron chi connectivity index (χ3n) is 7.64. The summed E-state index contributed by atoms with van der Waals surface area (Å²) in [6.45, 7) is 4.97. The number of nitrogens with zero attached hydrogens (tertiary/aromatic N) is 4. The molecule has 5 rings (SSSR count). The molecule has 1 aromatic carbocycles. The summed E-state index contributed by atoms with van der Waals surface area (Å²) in [6, 6.07) is 5.50. The first-order valence-corrected chi connectivity index (χ1v) is 13.3. The van der Waals surface area contributed by atoms with Crippen molar-refractivity contribution < 1.29 is 18.3 Å². The van der Waals surface area contributed by atoms with Crippen molar-refractivity contribution >= 4 is 28.6 Å². The Morgan fingerprint density at radius 1 is 1.32 bits per heavy atom. The number of nitrogens with two attached hydrogens (primary N) is 1. The molecule has 208 valence electrons. The molecule has 1 saturated heterocycles. The molecule has 2 atom stereocenters. The van der Waals surface area contributed by atoms with E-state index in [1.807, 2.05) is 24.0 Å². The van der Waals surface area contributed by atoms with Crippen LogP contribution in [-0.4, -0.2) is 63.2 Å². The first kappa shape index (κ1) is 27.5. The minimum atomic E-state index is -2.39. The van der Waals surface area contributed by atoms with E-state index in [2.05, 4.69) is 21.2 Å². The number of amides is 1. The van der Waals surface area contributed by atoms with Crippen LogP contribution in [0.1, 0.15) is 41.4 Å². The van der Waals surface area contributed by atoms with Crippen LogP contribution in [0.15, 0.2) is 54.8 Å². The summed E-state index contributed by atoms with van der Waals surface area (Å²) >= 11 is 0. The average Bonchev–Trinajstić information content (AvgIpc) is 3.39. The van der Waals surface area contributed by atoms with Crippen LogP contribution in [-0.2, 0) is 4.74 Å². The van der Waals surface area contributed by atoms with Crippen molar-refractivity contribution in [2.24, 2.45) is 11.7 Å². The number of hydrogen-bond acceptors (Lipinski definition) is 6. The zero-order chi connectivity index (χ0) is 28.4. The van der Waals surface area contributed by atoms with Crippen LogP contribution in [0.2, 0.25) is 0 Å². The zero-order valence-electron chi connectivity index (χ0n) is 22.5. The van der Waals surface area contributed by atoms with Gasteiger partial charge < -0.3 is 20.7 Å². The number of nitrogens with one attached hydrogen (secondary N) is 1. The summed E-state index contributed by atoms with van der Waals surface area (Å²) in [5.41, 5.74) is 6.44. The standard InChI is InChI=1S/C30H32F2N6O2/c1-4-15-40-25-8-7-23(26(31)30(25,3)32)24-18-35-28-27(34-11-14-38(24)28)36-21-5-6-22(19(2)16-21)29(39)37-12-9-20(17-33)10-13-37/h1,5-8,11,14,16,18,20,25H,9-10,12-13,15,17,33H2,2-3H3,(H,34,36). The molecule has 2 aromatic heterocycles. The molecule has 1 aliphatic heterocycles. The highest BCUT2D eigenvalue weighted by molar-refractivity contribution is 5.96. The second-order valence-corrected chi connectivity index (χ2v) is 10.3. The first-order valence-electron chi connectivity index (χ1n) is 13.3. The number of carbonyl (C=O) groups is 1. The van der Waals surface area contributed by atoms with Gasteiger partial charge in [-0.2, -0.15) is 0 Å². The van der Waals surface area contributed by atoms with Gasteiger partial charge in [0, 0.05) is 42.3 Å². The first-order chi connectivity index (χ1) is 19.2. The van der Waals surface area contributed by atoms with E-state index >= 15 is 8.78 Å². The maximum Gasteiger partial charge on any atom is 0.254 e. The minimum absolute atomic E-state index is 0.0141. The summed E-state index contributed by atoms with van der Waals surface area (Å²) < 4.78 is 37.7. The van der Waals surface area contributed by atoms with Crippen molar-refractivity contribution in [2.75, 3.05) is 31.6 Å². The van der Waals surface area contributed by atoms with Gasteiger partial charge >= 0.3 is 0 Å². The van der Waals surface area contributed by atoms with Gasteiger partial charge in [-0.15, -0.1) is 6.42 Å². The van der Waals surface area contributed by atoms with E-state index in [9.17, 15) is 4.79 Å².